The summed E-state index contributed by atoms with van der Waals surface area (Å²) >= 11 is 4.70. The number of carbonyl (C=O) groups is 1. The minimum atomic E-state index is -0.124. The van der Waals surface area contributed by atoms with E-state index >= 15 is 0 Å². The number of tetrazole rings is 1. The highest BCUT2D eigenvalue weighted by Crippen LogP contribution is 2.22. The Morgan fingerprint density at radius 1 is 1.23 bits per heavy atom. The summed E-state index contributed by atoms with van der Waals surface area (Å²) in [6, 6.07) is 15.1. The number of rotatable bonds is 7. The molecule has 0 aliphatic rings. The van der Waals surface area contributed by atoms with Crippen molar-refractivity contribution in [2.75, 3.05) is 18.2 Å². The molecular formula is C17H16BrN5O2S. The average molecular weight is 434 g/mol. The number of benzene rings is 2. The van der Waals surface area contributed by atoms with Gasteiger partial charge in [0.2, 0.25) is 11.1 Å². The molecule has 0 saturated carbocycles. The Morgan fingerprint density at radius 2 is 2.00 bits per heavy atom. The number of hydrogen-bond acceptors (Lipinski definition) is 6. The summed E-state index contributed by atoms with van der Waals surface area (Å²) in [5.41, 5.74) is 1.77. The van der Waals surface area contributed by atoms with E-state index in [0.29, 0.717) is 11.7 Å². The van der Waals surface area contributed by atoms with Gasteiger partial charge in [-0.1, -0.05) is 36.0 Å². The van der Waals surface area contributed by atoms with Gasteiger partial charge in [-0.05, 0) is 56.2 Å². The van der Waals surface area contributed by atoms with E-state index in [0.717, 1.165) is 21.5 Å². The first-order valence-electron chi connectivity index (χ1n) is 7.72. The Bertz CT molecular complexity index is 885. The second-order valence-corrected chi connectivity index (χ2v) is 7.08. The average Bonchev–Trinajstić information content (AvgIpc) is 3.09. The molecule has 0 unspecified atom stereocenters. The Balaban J connectivity index is 1.58. The van der Waals surface area contributed by atoms with Crippen molar-refractivity contribution in [1.29, 1.82) is 0 Å². The number of thioether (sulfide) groups is 1. The highest BCUT2D eigenvalue weighted by Gasteiger charge is 2.11. The lowest BCUT2D eigenvalue weighted by Gasteiger charge is -2.07. The summed E-state index contributed by atoms with van der Waals surface area (Å²) in [4.78, 5) is 12.2. The molecule has 1 amide bonds. The fourth-order valence-electron chi connectivity index (χ4n) is 2.18. The van der Waals surface area contributed by atoms with Crippen LogP contribution in [0.2, 0.25) is 0 Å². The molecule has 0 atom stereocenters. The number of nitrogens with zero attached hydrogens (tertiary/aromatic N) is 4. The van der Waals surface area contributed by atoms with E-state index in [1.165, 1.54) is 11.8 Å². The van der Waals surface area contributed by atoms with E-state index in [1.54, 1.807) is 11.8 Å². The van der Waals surface area contributed by atoms with Crippen LogP contribution >= 0.6 is 27.7 Å². The first-order chi connectivity index (χ1) is 12.7. The smallest absolute Gasteiger partial charge is 0.234 e. The topological polar surface area (TPSA) is 81.9 Å². The zero-order chi connectivity index (χ0) is 18.4. The number of halogens is 1. The third kappa shape index (κ3) is 4.83. The van der Waals surface area contributed by atoms with Crippen molar-refractivity contribution < 1.29 is 9.53 Å². The van der Waals surface area contributed by atoms with E-state index in [4.69, 9.17) is 4.74 Å². The lowest BCUT2D eigenvalue weighted by Crippen LogP contribution is -2.15. The second-order valence-electron chi connectivity index (χ2n) is 5.28. The van der Waals surface area contributed by atoms with Gasteiger partial charge in [-0.3, -0.25) is 4.79 Å². The quantitative estimate of drug-likeness (QED) is 0.575. The molecule has 26 heavy (non-hydrogen) atoms. The van der Waals surface area contributed by atoms with Crippen LogP contribution in [0.3, 0.4) is 0 Å². The van der Waals surface area contributed by atoms with Crippen LogP contribution in [-0.2, 0) is 11.3 Å². The maximum atomic E-state index is 12.2. The number of anilines is 1. The normalized spacial score (nSPS) is 10.5. The molecule has 0 aliphatic heterocycles. The molecule has 0 aliphatic carbocycles. The van der Waals surface area contributed by atoms with Crippen LogP contribution in [0.4, 0.5) is 5.69 Å². The lowest BCUT2D eigenvalue weighted by atomic mass is 10.2. The van der Waals surface area contributed by atoms with Crippen LogP contribution < -0.4 is 10.1 Å². The van der Waals surface area contributed by atoms with Gasteiger partial charge in [0.1, 0.15) is 5.75 Å². The number of methoxy groups -OCH3 is 1. The zero-order valence-electron chi connectivity index (χ0n) is 13.9. The Kier molecular flexibility index (Phi) is 6.24. The van der Waals surface area contributed by atoms with E-state index in [9.17, 15) is 4.79 Å². The van der Waals surface area contributed by atoms with Gasteiger partial charge in [-0.25, -0.2) is 4.68 Å². The lowest BCUT2D eigenvalue weighted by molar-refractivity contribution is -0.113. The predicted octanol–water partition coefficient (Wildman–Crippen LogP) is 3.22. The summed E-state index contributed by atoms with van der Waals surface area (Å²) in [5.74, 6) is 0.884. The van der Waals surface area contributed by atoms with Gasteiger partial charge in [-0.15, -0.1) is 5.10 Å². The number of nitrogens with one attached hydrogen (secondary N) is 1. The Labute approximate surface area is 163 Å². The predicted molar refractivity (Wildman–Crippen MR) is 103 cm³/mol. The van der Waals surface area contributed by atoms with Gasteiger partial charge in [0.15, 0.2) is 0 Å². The zero-order valence-corrected chi connectivity index (χ0v) is 16.3. The molecule has 2 aromatic carbocycles. The van der Waals surface area contributed by atoms with E-state index in [1.807, 2.05) is 48.5 Å². The molecule has 1 N–H and O–H groups in total. The summed E-state index contributed by atoms with van der Waals surface area (Å²) in [5, 5.41) is 15.1. The summed E-state index contributed by atoms with van der Waals surface area (Å²) in [7, 11) is 1.63. The van der Waals surface area contributed by atoms with Crippen LogP contribution in [0.5, 0.6) is 5.75 Å². The third-order valence-electron chi connectivity index (χ3n) is 3.47. The van der Waals surface area contributed by atoms with Gasteiger partial charge in [0, 0.05) is 4.47 Å². The number of amides is 1. The maximum absolute atomic E-state index is 12.2. The Hall–Kier alpha value is -2.39. The molecule has 7 nitrogen and oxygen atoms in total. The SMILES string of the molecule is COc1ccc(Cn2nnnc2SCC(=O)Nc2ccccc2Br)cc1. The van der Waals surface area contributed by atoms with Crippen LogP contribution in [0.1, 0.15) is 5.56 Å². The summed E-state index contributed by atoms with van der Waals surface area (Å²) < 4.78 is 7.65. The number of carbonyl (C=O) groups excluding carboxylic acids is 1. The molecule has 3 rings (SSSR count). The van der Waals surface area contributed by atoms with E-state index in [-0.39, 0.29) is 11.7 Å². The number of para-hydroxylation sites is 1. The van der Waals surface area contributed by atoms with Gasteiger partial charge in [-0.2, -0.15) is 0 Å². The van der Waals surface area contributed by atoms with Crippen molar-refractivity contribution in [3.05, 3.63) is 58.6 Å². The second kappa shape index (κ2) is 8.81. The van der Waals surface area contributed by atoms with Crippen LogP contribution in [-0.4, -0.2) is 39.0 Å². The van der Waals surface area contributed by atoms with Crippen LogP contribution in [0, 0.1) is 0 Å². The molecule has 3 aromatic rings. The minimum Gasteiger partial charge on any atom is -0.497 e. The summed E-state index contributed by atoms with van der Waals surface area (Å²) in [6.45, 7) is 0.519. The standard InChI is InChI=1S/C17H16BrN5O2S/c1-25-13-8-6-12(7-9-13)10-23-17(20-21-22-23)26-11-16(24)19-15-5-3-2-4-14(15)18/h2-9H,10-11H2,1H3,(H,19,24). The van der Waals surface area contributed by atoms with Gasteiger partial charge in [0.25, 0.3) is 0 Å². The minimum absolute atomic E-state index is 0.124. The molecule has 1 aromatic heterocycles. The first kappa shape index (κ1) is 18.4. The van der Waals surface area contributed by atoms with Gasteiger partial charge >= 0.3 is 0 Å². The monoisotopic (exact) mass is 433 g/mol. The molecule has 1 heterocycles. The Morgan fingerprint density at radius 3 is 2.73 bits per heavy atom. The largest absolute Gasteiger partial charge is 0.497 e. The van der Waals surface area contributed by atoms with Crippen molar-refractivity contribution in [3.8, 4) is 5.75 Å². The molecule has 0 radical (unpaired) electrons. The van der Waals surface area contributed by atoms with Crippen LogP contribution in [0.25, 0.3) is 0 Å². The van der Waals surface area contributed by atoms with E-state index < -0.39 is 0 Å². The number of ether oxygens (including phenoxy) is 1. The molecule has 134 valence electrons. The third-order valence-corrected chi connectivity index (χ3v) is 5.12. The van der Waals surface area contributed by atoms with Gasteiger partial charge < -0.3 is 10.1 Å². The van der Waals surface area contributed by atoms with Crippen molar-refractivity contribution >= 4 is 39.3 Å². The van der Waals surface area contributed by atoms with E-state index in [2.05, 4.69) is 36.8 Å². The van der Waals surface area contributed by atoms with Crippen molar-refractivity contribution in [2.24, 2.45) is 0 Å². The molecule has 0 bridgehead atoms. The molecule has 9 heteroatoms. The first-order valence-corrected chi connectivity index (χ1v) is 9.50. The van der Waals surface area contributed by atoms with Crippen molar-refractivity contribution in [1.82, 2.24) is 20.2 Å². The fourth-order valence-corrected chi connectivity index (χ4v) is 3.24. The molecule has 0 spiro atoms. The summed E-state index contributed by atoms with van der Waals surface area (Å²) in [6.07, 6.45) is 0. The van der Waals surface area contributed by atoms with Gasteiger partial charge in [0.05, 0.1) is 25.1 Å². The number of hydrogen-bond donors (Lipinski definition) is 1. The maximum Gasteiger partial charge on any atom is 0.234 e. The highest BCUT2D eigenvalue weighted by atomic mass is 79.9. The molecular weight excluding hydrogens is 418 g/mol. The van der Waals surface area contributed by atoms with Crippen LogP contribution in [0.15, 0.2) is 58.2 Å². The van der Waals surface area contributed by atoms with Crippen molar-refractivity contribution in [2.45, 2.75) is 11.7 Å². The fraction of sp³-hybridized carbons (Fsp3) is 0.176. The molecule has 0 saturated heterocycles. The highest BCUT2D eigenvalue weighted by molar-refractivity contribution is 9.10. The molecule has 0 fully saturated rings. The number of aromatic nitrogens is 4. The van der Waals surface area contributed by atoms with Crippen molar-refractivity contribution in [3.63, 3.8) is 0 Å².